The van der Waals surface area contributed by atoms with Gasteiger partial charge in [-0.3, -0.25) is 14.4 Å². The Morgan fingerprint density at radius 2 is 1.75 bits per heavy atom. The Bertz CT molecular complexity index is 852. The monoisotopic (exact) mass is 377 g/mol. The molecule has 0 saturated carbocycles. The molecule has 1 aliphatic rings. The first-order chi connectivity index (χ1) is 13.8. The zero-order valence-corrected chi connectivity index (χ0v) is 16.1. The molecule has 1 N–H and O–H groups in total. The second-order valence-electron chi connectivity index (χ2n) is 7.28. The van der Waals surface area contributed by atoms with Gasteiger partial charge in [0.05, 0.1) is 0 Å². The van der Waals surface area contributed by atoms with Crippen molar-refractivity contribution in [2.75, 3.05) is 26.2 Å². The second kappa shape index (κ2) is 9.10. The Kier molecular flexibility index (Phi) is 6.11. The van der Waals surface area contributed by atoms with E-state index in [9.17, 15) is 5.11 Å². The third-order valence-corrected chi connectivity index (χ3v) is 5.37. The van der Waals surface area contributed by atoms with E-state index in [0.717, 1.165) is 39.1 Å². The summed E-state index contributed by atoms with van der Waals surface area (Å²) in [4.78, 5) is 13.7. The SMILES string of the molecule is OCC[C@@H]1CN(Cc2cccn2-c2ncccn2)CCN1Cc1ccccc1. The minimum Gasteiger partial charge on any atom is -0.396 e. The van der Waals surface area contributed by atoms with Crippen LogP contribution in [0.1, 0.15) is 17.7 Å². The molecule has 146 valence electrons. The van der Waals surface area contributed by atoms with Crippen molar-refractivity contribution >= 4 is 0 Å². The Morgan fingerprint density at radius 1 is 0.929 bits per heavy atom. The van der Waals surface area contributed by atoms with Crippen molar-refractivity contribution in [1.29, 1.82) is 0 Å². The van der Waals surface area contributed by atoms with E-state index < -0.39 is 0 Å². The summed E-state index contributed by atoms with van der Waals surface area (Å²) >= 11 is 0. The van der Waals surface area contributed by atoms with Crippen LogP contribution in [0.15, 0.2) is 67.1 Å². The van der Waals surface area contributed by atoms with E-state index in [1.807, 2.05) is 18.3 Å². The number of nitrogens with zero attached hydrogens (tertiary/aromatic N) is 5. The maximum Gasteiger partial charge on any atom is 0.233 e. The minimum absolute atomic E-state index is 0.220. The van der Waals surface area contributed by atoms with Crippen molar-refractivity contribution in [2.45, 2.75) is 25.6 Å². The van der Waals surface area contributed by atoms with Crippen molar-refractivity contribution in [2.24, 2.45) is 0 Å². The highest BCUT2D eigenvalue weighted by atomic mass is 16.3. The molecule has 4 rings (SSSR count). The molecular formula is C22H27N5O. The number of aromatic nitrogens is 3. The molecule has 1 saturated heterocycles. The highest BCUT2D eigenvalue weighted by molar-refractivity contribution is 5.20. The lowest BCUT2D eigenvalue weighted by atomic mass is 10.1. The Labute approximate surface area is 166 Å². The average molecular weight is 377 g/mol. The highest BCUT2D eigenvalue weighted by Crippen LogP contribution is 2.19. The molecule has 1 atom stereocenters. The van der Waals surface area contributed by atoms with Gasteiger partial charge in [0.15, 0.2) is 0 Å². The maximum absolute atomic E-state index is 9.57. The van der Waals surface area contributed by atoms with Gasteiger partial charge in [-0.25, -0.2) is 9.97 Å². The number of benzene rings is 1. The molecule has 1 aliphatic heterocycles. The molecule has 6 nitrogen and oxygen atoms in total. The quantitative estimate of drug-likeness (QED) is 0.685. The van der Waals surface area contributed by atoms with Crippen LogP contribution in [0.2, 0.25) is 0 Å². The van der Waals surface area contributed by atoms with Gasteiger partial charge in [0.25, 0.3) is 0 Å². The summed E-state index contributed by atoms with van der Waals surface area (Å²) in [5.74, 6) is 0.706. The summed E-state index contributed by atoms with van der Waals surface area (Å²) in [7, 11) is 0. The summed E-state index contributed by atoms with van der Waals surface area (Å²) in [6.45, 7) is 4.98. The third kappa shape index (κ3) is 4.47. The highest BCUT2D eigenvalue weighted by Gasteiger charge is 2.27. The molecule has 0 bridgehead atoms. The van der Waals surface area contributed by atoms with Crippen molar-refractivity contribution in [3.63, 3.8) is 0 Å². The van der Waals surface area contributed by atoms with Crippen LogP contribution in [0.3, 0.4) is 0 Å². The Hall–Kier alpha value is -2.54. The smallest absolute Gasteiger partial charge is 0.233 e. The van der Waals surface area contributed by atoms with Gasteiger partial charge in [-0.05, 0) is 30.2 Å². The van der Waals surface area contributed by atoms with Gasteiger partial charge in [0.1, 0.15) is 0 Å². The first kappa shape index (κ1) is 18.8. The number of hydrogen-bond donors (Lipinski definition) is 1. The average Bonchev–Trinajstić information content (AvgIpc) is 3.20. The zero-order valence-electron chi connectivity index (χ0n) is 16.1. The van der Waals surface area contributed by atoms with E-state index in [0.29, 0.717) is 12.0 Å². The minimum atomic E-state index is 0.220. The number of rotatable bonds is 7. The van der Waals surface area contributed by atoms with Crippen LogP contribution in [-0.2, 0) is 13.1 Å². The number of aliphatic hydroxyl groups is 1. The van der Waals surface area contributed by atoms with Gasteiger partial charge in [0, 0.05) is 69.7 Å². The van der Waals surface area contributed by atoms with Gasteiger partial charge in [-0.15, -0.1) is 0 Å². The Balaban J connectivity index is 1.43. The maximum atomic E-state index is 9.57. The fourth-order valence-corrected chi connectivity index (χ4v) is 3.93. The lowest BCUT2D eigenvalue weighted by Gasteiger charge is -2.41. The van der Waals surface area contributed by atoms with Crippen molar-refractivity contribution in [3.05, 3.63) is 78.4 Å². The number of hydrogen-bond acceptors (Lipinski definition) is 5. The van der Waals surface area contributed by atoms with Gasteiger partial charge >= 0.3 is 0 Å². The van der Waals surface area contributed by atoms with Gasteiger partial charge in [-0.1, -0.05) is 30.3 Å². The van der Waals surface area contributed by atoms with E-state index in [1.165, 1.54) is 11.3 Å². The molecule has 0 aliphatic carbocycles. The van der Waals surface area contributed by atoms with Crippen LogP contribution < -0.4 is 0 Å². The molecule has 0 spiro atoms. The lowest BCUT2D eigenvalue weighted by molar-refractivity contribution is 0.0491. The van der Waals surface area contributed by atoms with Gasteiger partial charge < -0.3 is 5.11 Å². The van der Waals surface area contributed by atoms with E-state index in [1.54, 1.807) is 12.4 Å². The van der Waals surface area contributed by atoms with E-state index in [-0.39, 0.29) is 6.61 Å². The molecule has 1 fully saturated rings. The van der Waals surface area contributed by atoms with Gasteiger partial charge in [0.2, 0.25) is 5.95 Å². The largest absolute Gasteiger partial charge is 0.396 e. The van der Waals surface area contributed by atoms with Crippen LogP contribution in [-0.4, -0.2) is 61.7 Å². The topological polar surface area (TPSA) is 57.4 Å². The molecule has 0 radical (unpaired) electrons. The molecule has 3 heterocycles. The molecule has 3 aromatic rings. The van der Waals surface area contributed by atoms with Crippen LogP contribution in [0.5, 0.6) is 0 Å². The number of aliphatic hydroxyl groups excluding tert-OH is 1. The van der Waals surface area contributed by atoms with E-state index in [4.69, 9.17) is 0 Å². The van der Waals surface area contributed by atoms with Gasteiger partial charge in [-0.2, -0.15) is 0 Å². The van der Waals surface area contributed by atoms with Crippen LogP contribution in [0, 0.1) is 0 Å². The Morgan fingerprint density at radius 3 is 2.54 bits per heavy atom. The molecule has 1 aromatic carbocycles. The second-order valence-corrected chi connectivity index (χ2v) is 7.28. The summed E-state index contributed by atoms with van der Waals surface area (Å²) in [6, 6.07) is 16.9. The normalized spacial score (nSPS) is 18.4. The molecule has 2 aromatic heterocycles. The first-order valence-corrected chi connectivity index (χ1v) is 9.88. The lowest BCUT2D eigenvalue weighted by Crippen LogP contribution is -2.52. The predicted molar refractivity (Wildman–Crippen MR) is 109 cm³/mol. The van der Waals surface area contributed by atoms with Crippen molar-refractivity contribution in [1.82, 2.24) is 24.3 Å². The molecule has 0 unspecified atom stereocenters. The predicted octanol–water partition coefficient (Wildman–Crippen LogP) is 2.34. The summed E-state index contributed by atoms with van der Waals surface area (Å²) in [6.07, 6.45) is 6.35. The standard InChI is InChI=1S/C22H27N5O/c28-15-9-20-17-25(13-14-26(20)16-19-6-2-1-3-7-19)18-21-8-4-12-27(21)22-23-10-5-11-24-22/h1-8,10-12,20,28H,9,13-18H2/t20-/m1/s1. The summed E-state index contributed by atoms with van der Waals surface area (Å²) < 4.78 is 2.05. The number of piperazine rings is 1. The van der Waals surface area contributed by atoms with E-state index in [2.05, 4.69) is 60.7 Å². The van der Waals surface area contributed by atoms with E-state index >= 15 is 0 Å². The van der Waals surface area contributed by atoms with Crippen molar-refractivity contribution < 1.29 is 5.11 Å². The molecular weight excluding hydrogens is 350 g/mol. The third-order valence-electron chi connectivity index (χ3n) is 5.37. The zero-order chi connectivity index (χ0) is 19.2. The molecule has 0 amide bonds. The molecule has 28 heavy (non-hydrogen) atoms. The summed E-state index contributed by atoms with van der Waals surface area (Å²) in [5, 5.41) is 9.57. The summed E-state index contributed by atoms with van der Waals surface area (Å²) in [5.41, 5.74) is 2.51. The first-order valence-electron chi connectivity index (χ1n) is 9.88. The van der Waals surface area contributed by atoms with Crippen LogP contribution in [0.25, 0.3) is 5.95 Å². The van der Waals surface area contributed by atoms with Crippen LogP contribution >= 0.6 is 0 Å². The van der Waals surface area contributed by atoms with Crippen LogP contribution in [0.4, 0.5) is 0 Å². The molecule has 6 heteroatoms. The fraction of sp³-hybridized carbons (Fsp3) is 0.364. The van der Waals surface area contributed by atoms with Crippen molar-refractivity contribution in [3.8, 4) is 5.95 Å². The fourth-order valence-electron chi connectivity index (χ4n) is 3.93.